The van der Waals surface area contributed by atoms with Crippen molar-refractivity contribution in [3.8, 4) is 5.69 Å². The van der Waals surface area contributed by atoms with Crippen LogP contribution in [-0.4, -0.2) is 19.2 Å². The van der Waals surface area contributed by atoms with Gasteiger partial charge in [-0.25, -0.2) is 9.37 Å². The van der Waals surface area contributed by atoms with Gasteiger partial charge in [-0.1, -0.05) is 12.1 Å². The van der Waals surface area contributed by atoms with Crippen LogP contribution in [0.15, 0.2) is 71.9 Å². The minimum atomic E-state index is -0.325. The highest BCUT2D eigenvalue weighted by atomic mass is 19.1. The fourth-order valence-corrected chi connectivity index (χ4v) is 2.58. The van der Waals surface area contributed by atoms with Crippen LogP contribution in [-0.2, 0) is 0 Å². The predicted octanol–water partition coefficient (Wildman–Crippen LogP) is 3.19. The summed E-state index contributed by atoms with van der Waals surface area (Å²) in [5, 5.41) is 0. The number of rotatable bonds is 3. The largest absolute Gasteiger partial charge is 0.273 e. The van der Waals surface area contributed by atoms with Crippen LogP contribution in [0.25, 0.3) is 23.5 Å². The van der Waals surface area contributed by atoms with Crippen LogP contribution in [0.1, 0.15) is 11.3 Å². The van der Waals surface area contributed by atoms with Crippen LogP contribution in [0.4, 0.5) is 4.39 Å². The van der Waals surface area contributed by atoms with E-state index in [1.54, 1.807) is 47.5 Å². The molecule has 0 aliphatic rings. The van der Waals surface area contributed by atoms with Gasteiger partial charge in [-0.05, 0) is 42.0 Å². The Morgan fingerprint density at radius 2 is 1.88 bits per heavy atom. The smallest absolute Gasteiger partial charge is 0.267 e. The van der Waals surface area contributed by atoms with Crippen molar-refractivity contribution >= 4 is 17.8 Å². The molecule has 0 aliphatic carbocycles. The summed E-state index contributed by atoms with van der Waals surface area (Å²) in [4.78, 5) is 21.0. The average molecular weight is 332 g/mol. The summed E-state index contributed by atoms with van der Waals surface area (Å²) in [5.41, 5.74) is 2.46. The maximum atomic E-state index is 13.1. The van der Waals surface area contributed by atoms with Crippen molar-refractivity contribution in [3.63, 3.8) is 0 Å². The average Bonchev–Trinajstić information content (AvgIpc) is 3.06. The quantitative estimate of drug-likeness (QED) is 0.579. The molecule has 0 saturated heterocycles. The Balaban J connectivity index is 1.76. The molecule has 25 heavy (non-hydrogen) atoms. The SMILES string of the molecule is O=c1cc(C=Cc2cccnc2)nc2ccn(-c3ccc(F)cc3)n12. The Labute approximate surface area is 142 Å². The molecule has 0 atom stereocenters. The third-order valence-corrected chi connectivity index (χ3v) is 3.74. The van der Waals surface area contributed by atoms with E-state index in [1.165, 1.54) is 22.7 Å². The van der Waals surface area contributed by atoms with E-state index < -0.39 is 0 Å². The molecule has 5 nitrogen and oxygen atoms in total. The monoisotopic (exact) mass is 332 g/mol. The van der Waals surface area contributed by atoms with Crippen molar-refractivity contribution in [2.75, 3.05) is 0 Å². The lowest BCUT2D eigenvalue weighted by Crippen LogP contribution is -2.19. The van der Waals surface area contributed by atoms with Gasteiger partial charge in [-0.3, -0.25) is 14.5 Å². The third-order valence-electron chi connectivity index (χ3n) is 3.74. The Bertz CT molecular complexity index is 1110. The number of aromatic nitrogens is 4. The summed E-state index contributed by atoms with van der Waals surface area (Å²) in [6, 6.07) is 12.9. The van der Waals surface area contributed by atoms with Crippen LogP contribution in [0, 0.1) is 5.82 Å². The predicted molar refractivity (Wildman–Crippen MR) is 93.9 cm³/mol. The molecule has 3 aromatic heterocycles. The molecule has 3 heterocycles. The lowest BCUT2D eigenvalue weighted by molar-refractivity contribution is 0.626. The van der Waals surface area contributed by atoms with Gasteiger partial charge in [0.25, 0.3) is 5.56 Å². The number of hydrogen-bond acceptors (Lipinski definition) is 3. The van der Waals surface area contributed by atoms with Gasteiger partial charge in [-0.15, -0.1) is 0 Å². The highest BCUT2D eigenvalue weighted by molar-refractivity contribution is 5.68. The topological polar surface area (TPSA) is 52.2 Å². The number of pyridine rings is 1. The summed E-state index contributed by atoms with van der Waals surface area (Å²) in [7, 11) is 0. The second-order valence-electron chi connectivity index (χ2n) is 5.45. The molecule has 4 rings (SSSR count). The molecular formula is C19H13FN4O. The Kier molecular flexibility index (Phi) is 3.70. The van der Waals surface area contributed by atoms with E-state index in [9.17, 15) is 9.18 Å². The minimum absolute atomic E-state index is 0.217. The molecule has 0 amide bonds. The number of nitrogens with zero attached hydrogens (tertiary/aromatic N) is 4. The maximum Gasteiger partial charge on any atom is 0.273 e. The molecule has 0 saturated carbocycles. The first-order valence-electron chi connectivity index (χ1n) is 7.66. The fourth-order valence-electron chi connectivity index (χ4n) is 2.58. The summed E-state index contributed by atoms with van der Waals surface area (Å²) in [6.07, 6.45) is 8.78. The van der Waals surface area contributed by atoms with Gasteiger partial charge in [0.05, 0.1) is 11.4 Å². The highest BCUT2D eigenvalue weighted by Crippen LogP contribution is 2.12. The number of benzene rings is 1. The second kappa shape index (κ2) is 6.16. The van der Waals surface area contributed by atoms with E-state index in [0.29, 0.717) is 17.0 Å². The van der Waals surface area contributed by atoms with Crippen LogP contribution in [0.3, 0.4) is 0 Å². The standard InChI is InChI=1S/C19H13FN4O/c20-15-4-7-17(8-5-15)23-11-9-18-22-16(12-19(25)24(18)23)6-3-14-2-1-10-21-13-14/h1-13H. The molecule has 1 aromatic carbocycles. The third kappa shape index (κ3) is 2.97. The number of fused-ring (bicyclic) bond motifs is 1. The molecule has 0 bridgehead atoms. The zero-order valence-electron chi connectivity index (χ0n) is 13.1. The lowest BCUT2D eigenvalue weighted by atomic mass is 10.2. The van der Waals surface area contributed by atoms with Crippen LogP contribution in [0.5, 0.6) is 0 Å². The number of hydrogen-bond donors (Lipinski definition) is 0. The zero-order valence-corrected chi connectivity index (χ0v) is 13.1. The molecule has 0 aliphatic heterocycles. The molecular weight excluding hydrogens is 319 g/mol. The van der Waals surface area contributed by atoms with Crippen molar-refractivity contribution in [1.82, 2.24) is 19.2 Å². The van der Waals surface area contributed by atoms with Gasteiger partial charge in [0.2, 0.25) is 0 Å². The first-order chi connectivity index (χ1) is 12.2. The Morgan fingerprint density at radius 1 is 1.04 bits per heavy atom. The van der Waals surface area contributed by atoms with E-state index in [0.717, 1.165) is 5.56 Å². The Morgan fingerprint density at radius 3 is 2.64 bits per heavy atom. The summed E-state index contributed by atoms with van der Waals surface area (Å²) in [6.45, 7) is 0. The first kappa shape index (κ1) is 15.0. The van der Waals surface area contributed by atoms with Crippen molar-refractivity contribution in [2.24, 2.45) is 0 Å². The van der Waals surface area contributed by atoms with Crippen LogP contribution < -0.4 is 5.56 Å². The van der Waals surface area contributed by atoms with Crippen molar-refractivity contribution in [2.45, 2.75) is 0 Å². The summed E-state index contributed by atoms with van der Waals surface area (Å²) in [5.74, 6) is -0.325. The van der Waals surface area contributed by atoms with Gasteiger partial charge < -0.3 is 0 Å². The molecule has 0 fully saturated rings. The van der Waals surface area contributed by atoms with Crippen molar-refractivity contribution in [3.05, 3.63) is 94.5 Å². The maximum absolute atomic E-state index is 13.1. The zero-order chi connectivity index (χ0) is 17.2. The highest BCUT2D eigenvalue weighted by Gasteiger charge is 2.07. The van der Waals surface area contributed by atoms with E-state index in [2.05, 4.69) is 9.97 Å². The van der Waals surface area contributed by atoms with Crippen LogP contribution in [0.2, 0.25) is 0 Å². The van der Waals surface area contributed by atoms with Crippen molar-refractivity contribution in [1.29, 1.82) is 0 Å². The fraction of sp³-hybridized carbons (Fsp3) is 0. The molecule has 0 N–H and O–H groups in total. The van der Waals surface area contributed by atoms with Gasteiger partial charge >= 0.3 is 0 Å². The molecule has 4 aromatic rings. The minimum Gasteiger partial charge on any atom is -0.267 e. The molecule has 0 spiro atoms. The second-order valence-corrected chi connectivity index (χ2v) is 5.45. The van der Waals surface area contributed by atoms with Gasteiger partial charge in [-0.2, -0.15) is 4.52 Å². The molecule has 6 heteroatoms. The lowest BCUT2D eigenvalue weighted by Gasteiger charge is -2.06. The van der Waals surface area contributed by atoms with E-state index in [-0.39, 0.29) is 11.4 Å². The normalized spacial score (nSPS) is 11.4. The molecule has 0 unspecified atom stereocenters. The van der Waals surface area contributed by atoms with Crippen LogP contribution >= 0.6 is 0 Å². The van der Waals surface area contributed by atoms with Gasteiger partial charge in [0.1, 0.15) is 5.82 Å². The number of halogens is 1. The Hall–Kier alpha value is -3.54. The summed E-state index contributed by atoms with van der Waals surface area (Å²) >= 11 is 0. The van der Waals surface area contributed by atoms with E-state index >= 15 is 0 Å². The molecule has 122 valence electrons. The summed E-state index contributed by atoms with van der Waals surface area (Å²) < 4.78 is 16.2. The van der Waals surface area contributed by atoms with Gasteiger partial charge in [0.15, 0.2) is 5.65 Å². The van der Waals surface area contributed by atoms with Gasteiger partial charge in [0, 0.05) is 30.7 Å². The van der Waals surface area contributed by atoms with E-state index in [1.807, 2.05) is 18.2 Å². The van der Waals surface area contributed by atoms with E-state index in [4.69, 9.17) is 0 Å². The molecule has 0 radical (unpaired) electrons. The van der Waals surface area contributed by atoms with Crippen molar-refractivity contribution < 1.29 is 4.39 Å². The first-order valence-corrected chi connectivity index (χ1v) is 7.66.